The van der Waals surface area contributed by atoms with Gasteiger partial charge in [-0.1, -0.05) is 15.9 Å². The van der Waals surface area contributed by atoms with Crippen molar-refractivity contribution in [2.45, 2.75) is 45.4 Å². The van der Waals surface area contributed by atoms with Gasteiger partial charge in [-0.3, -0.25) is 14.4 Å². The Morgan fingerprint density at radius 2 is 1.94 bits per heavy atom. The number of carbonyl (C=O) groups excluding carboxylic acids is 3. The summed E-state index contributed by atoms with van der Waals surface area (Å²) >= 11 is 3.47. The van der Waals surface area contributed by atoms with Gasteiger partial charge in [0.15, 0.2) is 0 Å². The second-order valence-electron chi connectivity index (χ2n) is 8.32. The van der Waals surface area contributed by atoms with E-state index < -0.39 is 18.1 Å². The van der Waals surface area contributed by atoms with Crippen LogP contribution in [0.4, 0.5) is 11.4 Å². The summed E-state index contributed by atoms with van der Waals surface area (Å²) in [4.78, 5) is 42.6. The van der Waals surface area contributed by atoms with Crippen LogP contribution in [0.1, 0.15) is 31.9 Å². The Labute approximate surface area is 213 Å². The van der Waals surface area contributed by atoms with E-state index in [0.29, 0.717) is 22.7 Å². The number of methoxy groups -OCH3 is 1. The smallest absolute Gasteiger partial charge is 0.252 e. The molecule has 3 unspecified atom stereocenters. The van der Waals surface area contributed by atoms with Crippen LogP contribution in [-0.4, -0.2) is 50.0 Å². The third kappa shape index (κ3) is 5.31. The standard InChI is InChI=1S/C25H28BrN5O4/c1-14(28-4)24(33)29-23-15(2)31(16(3)32)21-10-17(12-27)6-8-20(21)30(25(23)34)13-18-11-19(26)7-9-22(18)35-5/h6-11,14-15,23,28H,13H2,1-5H3,(H,29,33). The molecule has 0 fully saturated rings. The van der Waals surface area contributed by atoms with E-state index in [0.717, 1.165) is 10.0 Å². The molecule has 1 aliphatic heterocycles. The number of amides is 3. The Bertz CT molecular complexity index is 1190. The van der Waals surface area contributed by atoms with E-state index in [1.54, 1.807) is 52.3 Å². The van der Waals surface area contributed by atoms with Crippen LogP contribution in [-0.2, 0) is 20.9 Å². The van der Waals surface area contributed by atoms with Crippen LogP contribution in [0, 0.1) is 11.3 Å². The molecule has 0 saturated carbocycles. The molecule has 0 saturated heterocycles. The minimum Gasteiger partial charge on any atom is -0.496 e. The Hall–Kier alpha value is -3.42. The van der Waals surface area contributed by atoms with Crippen LogP contribution in [0.5, 0.6) is 5.75 Å². The molecule has 2 N–H and O–H groups in total. The number of nitrogens with one attached hydrogen (secondary N) is 2. The maximum atomic E-state index is 14.0. The van der Waals surface area contributed by atoms with Gasteiger partial charge < -0.3 is 25.2 Å². The highest BCUT2D eigenvalue weighted by atomic mass is 79.9. The fraction of sp³-hybridized carbons (Fsp3) is 0.360. The van der Waals surface area contributed by atoms with Crippen molar-refractivity contribution in [2.24, 2.45) is 0 Å². The lowest BCUT2D eigenvalue weighted by atomic mass is 10.1. The topological polar surface area (TPSA) is 115 Å². The van der Waals surface area contributed by atoms with Crippen molar-refractivity contribution in [3.8, 4) is 11.8 Å². The summed E-state index contributed by atoms with van der Waals surface area (Å²) in [6.07, 6.45) is 0. The number of hydrogen-bond donors (Lipinski definition) is 2. The number of nitrogens with zero attached hydrogens (tertiary/aromatic N) is 3. The van der Waals surface area contributed by atoms with Gasteiger partial charge in [0.1, 0.15) is 11.8 Å². The van der Waals surface area contributed by atoms with Crippen molar-refractivity contribution in [3.63, 3.8) is 0 Å². The van der Waals surface area contributed by atoms with Gasteiger partial charge >= 0.3 is 0 Å². The Morgan fingerprint density at radius 1 is 1.23 bits per heavy atom. The fourth-order valence-electron chi connectivity index (χ4n) is 4.13. The zero-order valence-electron chi connectivity index (χ0n) is 20.3. The second-order valence-corrected chi connectivity index (χ2v) is 9.24. The van der Waals surface area contributed by atoms with Gasteiger partial charge in [0, 0.05) is 17.0 Å². The normalized spacial score (nSPS) is 18.3. The average molecular weight is 542 g/mol. The van der Waals surface area contributed by atoms with E-state index >= 15 is 0 Å². The number of anilines is 2. The number of benzene rings is 2. The molecule has 3 amide bonds. The third-order valence-electron chi connectivity index (χ3n) is 6.11. The fourth-order valence-corrected chi connectivity index (χ4v) is 4.54. The minimum atomic E-state index is -1.03. The molecule has 0 bridgehead atoms. The molecule has 10 heteroatoms. The van der Waals surface area contributed by atoms with Crippen molar-refractivity contribution in [1.82, 2.24) is 10.6 Å². The molecule has 3 rings (SSSR count). The molecular formula is C25H28BrN5O4. The zero-order chi connectivity index (χ0) is 25.9. The summed E-state index contributed by atoms with van der Waals surface area (Å²) in [5, 5.41) is 15.2. The molecular weight excluding hydrogens is 514 g/mol. The molecule has 35 heavy (non-hydrogen) atoms. The minimum absolute atomic E-state index is 0.118. The molecule has 0 spiro atoms. The van der Waals surface area contributed by atoms with Gasteiger partial charge in [-0.25, -0.2) is 0 Å². The Kier molecular flexibility index (Phi) is 8.14. The monoisotopic (exact) mass is 541 g/mol. The van der Waals surface area contributed by atoms with Crippen LogP contribution in [0.15, 0.2) is 40.9 Å². The number of carbonyl (C=O) groups is 3. The van der Waals surface area contributed by atoms with E-state index in [4.69, 9.17) is 4.74 Å². The number of fused-ring (bicyclic) bond motifs is 1. The molecule has 2 aromatic carbocycles. The van der Waals surface area contributed by atoms with Crippen molar-refractivity contribution in [3.05, 3.63) is 52.0 Å². The second kappa shape index (κ2) is 10.9. The number of hydrogen-bond acceptors (Lipinski definition) is 6. The van der Waals surface area contributed by atoms with Crippen LogP contribution in [0.3, 0.4) is 0 Å². The predicted octanol–water partition coefficient (Wildman–Crippen LogP) is 2.71. The third-order valence-corrected chi connectivity index (χ3v) is 6.60. The quantitative estimate of drug-likeness (QED) is 0.581. The lowest BCUT2D eigenvalue weighted by Crippen LogP contribution is -2.59. The molecule has 0 aliphatic carbocycles. The lowest BCUT2D eigenvalue weighted by Gasteiger charge is -2.32. The average Bonchev–Trinajstić information content (AvgIpc) is 2.91. The SMILES string of the molecule is CNC(C)C(=O)NC1C(=O)N(Cc2cc(Br)ccc2OC)c2ccc(C#N)cc2N(C(C)=O)C1C. The molecule has 0 radical (unpaired) electrons. The van der Waals surface area contributed by atoms with Gasteiger partial charge in [0.2, 0.25) is 11.8 Å². The van der Waals surface area contributed by atoms with E-state index in [9.17, 15) is 19.6 Å². The van der Waals surface area contributed by atoms with Gasteiger partial charge in [0.25, 0.3) is 5.91 Å². The van der Waals surface area contributed by atoms with Crippen LogP contribution >= 0.6 is 15.9 Å². The lowest BCUT2D eigenvalue weighted by molar-refractivity contribution is -0.129. The Balaban J connectivity index is 2.21. The molecule has 9 nitrogen and oxygen atoms in total. The number of ether oxygens (including phenoxy) is 1. The molecule has 0 aromatic heterocycles. The number of halogens is 1. The van der Waals surface area contributed by atoms with E-state index in [-0.39, 0.29) is 24.3 Å². The summed E-state index contributed by atoms with van der Waals surface area (Å²) in [5.74, 6) is -0.485. The summed E-state index contributed by atoms with van der Waals surface area (Å²) in [5.41, 5.74) is 1.95. The first-order valence-corrected chi connectivity index (χ1v) is 11.9. The van der Waals surface area contributed by atoms with E-state index in [1.165, 1.54) is 16.7 Å². The van der Waals surface area contributed by atoms with Crippen molar-refractivity contribution in [2.75, 3.05) is 24.0 Å². The maximum absolute atomic E-state index is 14.0. The first-order valence-electron chi connectivity index (χ1n) is 11.1. The summed E-state index contributed by atoms with van der Waals surface area (Å²) in [6, 6.07) is 10.1. The largest absolute Gasteiger partial charge is 0.496 e. The summed E-state index contributed by atoms with van der Waals surface area (Å²) in [7, 11) is 3.20. The first kappa shape index (κ1) is 26.2. The predicted molar refractivity (Wildman–Crippen MR) is 136 cm³/mol. The first-order chi connectivity index (χ1) is 16.6. The van der Waals surface area contributed by atoms with Gasteiger partial charge in [0.05, 0.1) is 48.7 Å². The Morgan fingerprint density at radius 3 is 2.54 bits per heavy atom. The zero-order valence-corrected chi connectivity index (χ0v) is 21.8. The molecule has 2 aromatic rings. The van der Waals surface area contributed by atoms with E-state index in [2.05, 4.69) is 32.6 Å². The van der Waals surface area contributed by atoms with Crippen LogP contribution in [0.25, 0.3) is 0 Å². The van der Waals surface area contributed by atoms with Crippen LogP contribution < -0.4 is 25.2 Å². The highest BCUT2D eigenvalue weighted by Crippen LogP contribution is 2.38. The summed E-state index contributed by atoms with van der Waals surface area (Å²) < 4.78 is 6.31. The highest BCUT2D eigenvalue weighted by Gasteiger charge is 2.42. The van der Waals surface area contributed by atoms with Gasteiger partial charge in [-0.15, -0.1) is 0 Å². The molecule has 3 atom stereocenters. The van der Waals surface area contributed by atoms with E-state index in [1.807, 2.05) is 12.1 Å². The highest BCUT2D eigenvalue weighted by molar-refractivity contribution is 9.10. The molecule has 1 heterocycles. The number of likely N-dealkylation sites (N-methyl/N-ethyl adjacent to an activating group) is 1. The van der Waals surface area contributed by atoms with Crippen LogP contribution in [0.2, 0.25) is 0 Å². The molecule has 1 aliphatic rings. The van der Waals surface area contributed by atoms with Crippen molar-refractivity contribution in [1.29, 1.82) is 5.26 Å². The maximum Gasteiger partial charge on any atom is 0.252 e. The summed E-state index contributed by atoms with van der Waals surface area (Å²) in [6.45, 7) is 4.90. The van der Waals surface area contributed by atoms with Crippen molar-refractivity contribution >= 4 is 45.0 Å². The van der Waals surface area contributed by atoms with Gasteiger partial charge in [-0.05, 0) is 57.3 Å². The molecule has 184 valence electrons. The van der Waals surface area contributed by atoms with Crippen molar-refractivity contribution < 1.29 is 19.1 Å². The number of nitriles is 1. The van der Waals surface area contributed by atoms with Gasteiger partial charge in [-0.2, -0.15) is 5.26 Å². The number of rotatable bonds is 6.